The second-order valence-corrected chi connectivity index (χ2v) is 10.2. The van der Waals surface area contributed by atoms with Crippen molar-refractivity contribution in [2.45, 2.75) is 33.2 Å². The number of rotatable bonds is 12. The summed E-state index contributed by atoms with van der Waals surface area (Å²) in [4.78, 5) is 34.7. The highest BCUT2D eigenvalue weighted by molar-refractivity contribution is 7.13. The minimum absolute atomic E-state index is 0.190. The van der Waals surface area contributed by atoms with E-state index in [-0.39, 0.29) is 11.9 Å². The molecule has 1 amide bonds. The average Bonchev–Trinajstić information content (AvgIpc) is 3.67. The molecule has 5 aromatic heterocycles. The summed E-state index contributed by atoms with van der Waals surface area (Å²) in [6, 6.07) is 9.62. The van der Waals surface area contributed by atoms with Crippen LogP contribution in [0.3, 0.4) is 0 Å². The Hall–Kier alpha value is -4.22. The number of likely N-dealkylation sites (N-methyl/N-ethyl adjacent to an activating group) is 1. The van der Waals surface area contributed by atoms with E-state index in [1.807, 2.05) is 29.8 Å². The van der Waals surface area contributed by atoms with Gasteiger partial charge >= 0.3 is 0 Å². The Bertz CT molecular complexity index is 1550. The molecule has 0 fully saturated rings. The Morgan fingerprint density at radius 3 is 2.75 bits per heavy atom. The van der Waals surface area contributed by atoms with Crippen molar-refractivity contribution in [1.29, 1.82) is 0 Å². The molecule has 0 spiro atoms. The molecule has 0 aromatic carbocycles. The van der Waals surface area contributed by atoms with Gasteiger partial charge < -0.3 is 10.1 Å². The van der Waals surface area contributed by atoms with E-state index < -0.39 is 0 Å². The summed E-state index contributed by atoms with van der Waals surface area (Å²) in [5.74, 6) is 0.155. The summed E-state index contributed by atoms with van der Waals surface area (Å²) < 4.78 is 7.73. The van der Waals surface area contributed by atoms with Crippen LogP contribution in [0.25, 0.3) is 27.5 Å². The number of carbonyl (C=O) groups is 1. The Balaban J connectivity index is 1.45. The second kappa shape index (κ2) is 12.8. The topological polar surface area (TPSA) is 110 Å². The fourth-order valence-corrected chi connectivity index (χ4v) is 5.19. The van der Waals surface area contributed by atoms with Gasteiger partial charge in [0, 0.05) is 55.4 Å². The molecule has 0 bridgehead atoms. The zero-order valence-corrected chi connectivity index (χ0v) is 23.6. The third-order valence-corrected chi connectivity index (χ3v) is 7.59. The third kappa shape index (κ3) is 6.32. The van der Waals surface area contributed by atoms with Gasteiger partial charge in [-0.1, -0.05) is 19.9 Å². The van der Waals surface area contributed by atoms with Crippen LogP contribution in [0.4, 0.5) is 0 Å². The second-order valence-electron chi connectivity index (χ2n) is 9.27. The van der Waals surface area contributed by atoms with Crippen LogP contribution >= 0.6 is 11.3 Å². The quantitative estimate of drug-likeness (QED) is 0.241. The zero-order chi connectivity index (χ0) is 27.9. The number of nitrogens with one attached hydrogen (secondary N) is 1. The first-order chi connectivity index (χ1) is 19.6. The van der Waals surface area contributed by atoms with Gasteiger partial charge in [-0.15, -0.1) is 11.3 Å². The number of carbonyl (C=O) groups excluding carboxylic acids is 1. The monoisotopic (exact) mass is 556 g/mol. The van der Waals surface area contributed by atoms with E-state index in [1.54, 1.807) is 52.8 Å². The molecule has 0 saturated heterocycles. The van der Waals surface area contributed by atoms with Gasteiger partial charge in [-0.2, -0.15) is 5.10 Å². The van der Waals surface area contributed by atoms with Crippen LogP contribution in [0.15, 0.2) is 66.7 Å². The minimum atomic E-state index is -0.190. The predicted molar refractivity (Wildman–Crippen MR) is 155 cm³/mol. The number of thiophene rings is 1. The van der Waals surface area contributed by atoms with Crippen LogP contribution < -0.4 is 10.1 Å². The normalized spacial score (nSPS) is 12.1. The largest absolute Gasteiger partial charge is 0.477 e. The highest BCUT2D eigenvalue weighted by Gasteiger charge is 2.18. The number of pyridine rings is 1. The van der Waals surface area contributed by atoms with E-state index >= 15 is 0 Å². The van der Waals surface area contributed by atoms with Gasteiger partial charge in [-0.05, 0) is 43.6 Å². The molecule has 0 aliphatic rings. The van der Waals surface area contributed by atoms with Gasteiger partial charge in [0.05, 0.1) is 40.3 Å². The van der Waals surface area contributed by atoms with Gasteiger partial charge in [-0.25, -0.2) is 14.5 Å². The first kappa shape index (κ1) is 27.4. The minimum Gasteiger partial charge on any atom is -0.477 e. The summed E-state index contributed by atoms with van der Waals surface area (Å²) in [5, 5.41) is 9.58. The molecule has 1 N–H and O–H groups in total. The Morgan fingerprint density at radius 1 is 1.12 bits per heavy atom. The number of fused-ring (bicyclic) bond motifs is 1. The van der Waals surface area contributed by atoms with Crippen molar-refractivity contribution in [3.05, 3.63) is 78.0 Å². The number of nitrogens with zero attached hydrogens (tertiary/aromatic N) is 7. The molecule has 206 valence electrons. The predicted octanol–water partition coefficient (Wildman–Crippen LogP) is 4.39. The summed E-state index contributed by atoms with van der Waals surface area (Å²) >= 11 is 1.62. The van der Waals surface area contributed by atoms with E-state index in [0.29, 0.717) is 47.9 Å². The number of hydrogen-bond donors (Lipinski definition) is 1. The number of aromatic nitrogens is 6. The molecule has 5 aromatic rings. The van der Waals surface area contributed by atoms with Crippen molar-refractivity contribution < 1.29 is 9.53 Å². The molecular formula is C29H32N8O2S. The van der Waals surface area contributed by atoms with Crippen molar-refractivity contribution >= 4 is 22.9 Å². The van der Waals surface area contributed by atoms with Crippen LogP contribution in [0.5, 0.6) is 5.88 Å². The van der Waals surface area contributed by atoms with Crippen LogP contribution in [0.2, 0.25) is 0 Å². The van der Waals surface area contributed by atoms with Gasteiger partial charge in [0.25, 0.3) is 5.91 Å². The maximum absolute atomic E-state index is 13.3. The van der Waals surface area contributed by atoms with Gasteiger partial charge in [0.2, 0.25) is 5.88 Å². The average molecular weight is 557 g/mol. The van der Waals surface area contributed by atoms with E-state index in [0.717, 1.165) is 29.4 Å². The molecule has 40 heavy (non-hydrogen) atoms. The maximum atomic E-state index is 13.3. The van der Waals surface area contributed by atoms with Crippen molar-refractivity contribution in [1.82, 2.24) is 39.8 Å². The summed E-state index contributed by atoms with van der Waals surface area (Å²) in [5.41, 5.74) is 4.05. The third-order valence-electron chi connectivity index (χ3n) is 6.70. The van der Waals surface area contributed by atoms with Crippen LogP contribution in [0.1, 0.15) is 36.8 Å². The van der Waals surface area contributed by atoms with Gasteiger partial charge in [0.1, 0.15) is 0 Å². The smallest absolute Gasteiger partial charge is 0.251 e. The van der Waals surface area contributed by atoms with Crippen molar-refractivity contribution in [2.75, 3.05) is 26.2 Å². The molecule has 1 atom stereocenters. The molecule has 10 nitrogen and oxygen atoms in total. The van der Waals surface area contributed by atoms with Crippen molar-refractivity contribution in [2.24, 2.45) is 0 Å². The molecule has 1 unspecified atom stereocenters. The lowest BCUT2D eigenvalue weighted by atomic mass is 10.1. The molecule has 0 aliphatic heterocycles. The van der Waals surface area contributed by atoms with Gasteiger partial charge in [-0.3, -0.25) is 19.7 Å². The Morgan fingerprint density at radius 2 is 2.00 bits per heavy atom. The first-order valence-corrected chi connectivity index (χ1v) is 14.2. The lowest BCUT2D eigenvalue weighted by molar-refractivity contribution is 0.0937. The standard InChI is InChI=1S/C29H32N8O2S/c1-4-36(5-2)20(3)17-32-29(38)21-15-25(34-27(16-21)39-13-9-22-18-30-10-11-31-22)23-19-33-37-12-8-24(35-28(23)37)26-7-6-14-40-26/h6-8,10-12,14-16,18-20H,4-5,9,13,17H2,1-3H3,(H,32,38). The SMILES string of the molecule is CCN(CC)C(C)CNC(=O)c1cc(OCCc2cnccn2)nc(-c2cnn3ccc(-c4cccs4)nc23)c1. The van der Waals surface area contributed by atoms with E-state index in [4.69, 9.17) is 14.7 Å². The highest BCUT2D eigenvalue weighted by Crippen LogP contribution is 2.28. The molecule has 0 aliphatic carbocycles. The van der Waals surface area contributed by atoms with Crippen LogP contribution in [-0.4, -0.2) is 72.6 Å². The molecular weight excluding hydrogens is 524 g/mol. The van der Waals surface area contributed by atoms with Crippen LogP contribution in [-0.2, 0) is 6.42 Å². The summed E-state index contributed by atoms with van der Waals surface area (Å²) in [6.07, 6.45) is 9.15. The number of hydrogen-bond acceptors (Lipinski definition) is 9. The molecule has 0 radical (unpaired) electrons. The molecule has 0 saturated carbocycles. The summed E-state index contributed by atoms with van der Waals surface area (Å²) in [6.45, 7) is 9.07. The van der Waals surface area contributed by atoms with Gasteiger partial charge in [0.15, 0.2) is 5.65 Å². The number of ether oxygens (including phenoxy) is 1. The van der Waals surface area contributed by atoms with E-state index in [9.17, 15) is 4.79 Å². The molecule has 5 heterocycles. The highest BCUT2D eigenvalue weighted by atomic mass is 32.1. The van der Waals surface area contributed by atoms with Crippen molar-refractivity contribution in [3.63, 3.8) is 0 Å². The Labute approximate surface area is 237 Å². The summed E-state index contributed by atoms with van der Waals surface area (Å²) in [7, 11) is 0. The zero-order valence-electron chi connectivity index (χ0n) is 22.8. The Kier molecular flexibility index (Phi) is 8.72. The van der Waals surface area contributed by atoms with Crippen molar-refractivity contribution in [3.8, 4) is 27.7 Å². The molecule has 5 rings (SSSR count). The fraction of sp³-hybridized carbons (Fsp3) is 0.310. The lowest BCUT2D eigenvalue weighted by Gasteiger charge is -2.26. The first-order valence-electron chi connectivity index (χ1n) is 13.4. The van der Waals surface area contributed by atoms with Crippen LogP contribution in [0, 0.1) is 0 Å². The molecule has 11 heteroatoms. The lowest BCUT2D eigenvalue weighted by Crippen LogP contribution is -2.42. The number of amides is 1. The van der Waals surface area contributed by atoms with E-state index in [2.05, 4.69) is 46.1 Å². The van der Waals surface area contributed by atoms with E-state index in [1.165, 1.54) is 0 Å². The fourth-order valence-electron chi connectivity index (χ4n) is 4.50. The maximum Gasteiger partial charge on any atom is 0.251 e.